The van der Waals surface area contributed by atoms with Crippen molar-refractivity contribution in [2.45, 2.75) is 25.7 Å². The van der Waals surface area contributed by atoms with Crippen LogP contribution in [0.1, 0.15) is 17.1 Å². The van der Waals surface area contributed by atoms with E-state index >= 15 is 0 Å². The third-order valence-electron chi connectivity index (χ3n) is 3.42. The van der Waals surface area contributed by atoms with Gasteiger partial charge in [0, 0.05) is 6.07 Å². The average molecular weight is 498 g/mol. The molecule has 1 aromatic heterocycles. The largest absolute Gasteiger partial charge is 0.744 e. The minimum absolute atomic E-state index is 0.109. The van der Waals surface area contributed by atoms with Crippen molar-refractivity contribution in [2.24, 2.45) is 0 Å². The summed E-state index contributed by atoms with van der Waals surface area (Å²) in [6.07, 6.45) is 0. The molecule has 0 saturated heterocycles. The first-order chi connectivity index (χ1) is 12.7. The molecular formula is C20H19IO5S. The van der Waals surface area contributed by atoms with Gasteiger partial charge in [-0.2, -0.15) is 0 Å². The van der Waals surface area contributed by atoms with Crippen LogP contribution in [0.25, 0.3) is 0 Å². The summed E-state index contributed by atoms with van der Waals surface area (Å²) in [6, 6.07) is 17.5. The summed E-state index contributed by atoms with van der Waals surface area (Å²) in [5, 5.41) is 0. The van der Waals surface area contributed by atoms with Crippen molar-refractivity contribution in [3.05, 3.63) is 95.1 Å². The summed E-state index contributed by atoms with van der Waals surface area (Å²) in [5.74, 6) is 1.45. The van der Waals surface area contributed by atoms with Crippen molar-refractivity contribution in [1.29, 1.82) is 0 Å². The Bertz CT molecular complexity index is 1060. The minimum atomic E-state index is -4.27. The van der Waals surface area contributed by atoms with Crippen molar-refractivity contribution in [3.8, 4) is 0 Å². The number of halogens is 1. The molecule has 2 aromatic carbocycles. The van der Waals surface area contributed by atoms with Gasteiger partial charge in [-0.25, -0.2) is 8.42 Å². The number of rotatable bonds is 3. The molecule has 0 N–H and O–H groups in total. The molecule has 0 saturated carbocycles. The van der Waals surface area contributed by atoms with Gasteiger partial charge in [-0.15, -0.1) is 0 Å². The predicted molar refractivity (Wildman–Crippen MR) is 97.4 cm³/mol. The second kappa shape index (κ2) is 9.29. The molecule has 0 spiro atoms. The molecular weight excluding hydrogens is 479 g/mol. The van der Waals surface area contributed by atoms with Crippen LogP contribution in [-0.4, -0.2) is 13.0 Å². The Morgan fingerprint density at radius 3 is 2.04 bits per heavy atom. The third-order valence-corrected chi connectivity index (χ3v) is 7.44. The Balaban J connectivity index is 0.000000208. The van der Waals surface area contributed by atoms with E-state index in [2.05, 4.69) is 12.1 Å². The zero-order chi connectivity index (χ0) is 20.0. The number of hydrogen-bond acceptors (Lipinski definition) is 5. The van der Waals surface area contributed by atoms with Crippen molar-refractivity contribution in [1.82, 2.24) is 0 Å². The van der Waals surface area contributed by atoms with E-state index in [0.717, 1.165) is 14.9 Å². The molecule has 1 heterocycles. The molecule has 3 aromatic rings. The molecule has 0 aliphatic carbocycles. The van der Waals surface area contributed by atoms with Crippen LogP contribution in [0.4, 0.5) is 0 Å². The fraction of sp³-hybridized carbons (Fsp3) is 0.150. The number of hydrogen-bond donors (Lipinski definition) is 0. The monoisotopic (exact) mass is 498 g/mol. The molecule has 0 aliphatic heterocycles. The highest BCUT2D eigenvalue weighted by Crippen LogP contribution is 2.08. The van der Waals surface area contributed by atoms with Crippen molar-refractivity contribution in [2.75, 3.05) is 0 Å². The summed E-state index contributed by atoms with van der Waals surface area (Å²) >= 11 is -0.434. The van der Waals surface area contributed by atoms with E-state index in [9.17, 15) is 17.8 Å². The van der Waals surface area contributed by atoms with Gasteiger partial charge in [0.15, 0.2) is 9.33 Å². The fourth-order valence-corrected chi connectivity index (χ4v) is 4.92. The van der Waals surface area contributed by atoms with Gasteiger partial charge < -0.3 is 8.97 Å². The number of benzene rings is 2. The summed E-state index contributed by atoms with van der Waals surface area (Å²) in [4.78, 5) is 11.7. The SMILES string of the molecule is Cc1cc(=O)c([I+]c2ccccc2)c(C)o1.Cc1ccc(S(=O)(=O)[O-])cc1. The smallest absolute Gasteiger partial charge is 0.366 e. The van der Waals surface area contributed by atoms with Gasteiger partial charge in [-0.3, -0.25) is 4.79 Å². The summed E-state index contributed by atoms with van der Waals surface area (Å²) < 4.78 is 38.7. The molecule has 3 rings (SSSR count). The van der Waals surface area contributed by atoms with Crippen LogP contribution in [0.5, 0.6) is 0 Å². The van der Waals surface area contributed by atoms with Gasteiger partial charge in [0.2, 0.25) is 5.43 Å². The summed E-state index contributed by atoms with van der Waals surface area (Å²) in [7, 11) is -4.27. The highest BCUT2D eigenvalue weighted by Gasteiger charge is 2.23. The van der Waals surface area contributed by atoms with Crippen molar-refractivity contribution < 1.29 is 38.6 Å². The standard InChI is InChI=1S/C13H12IO2.C7H8O3S/c1-9-8-12(15)13(10(2)16-9)14-11-6-4-3-5-7-11;1-6-2-4-7(5-3-6)11(8,9)10/h3-8H,1-2H3;2-5H,1H3,(H,8,9,10)/q+1;/p-1. The van der Waals surface area contributed by atoms with E-state index in [1.54, 1.807) is 25.1 Å². The predicted octanol–water partition coefficient (Wildman–Crippen LogP) is 0.284. The van der Waals surface area contributed by atoms with Gasteiger partial charge in [0.1, 0.15) is 15.9 Å². The van der Waals surface area contributed by atoms with E-state index in [1.807, 2.05) is 32.0 Å². The summed E-state index contributed by atoms with van der Waals surface area (Å²) in [5.41, 5.74) is 1.04. The molecule has 0 fully saturated rings. The van der Waals surface area contributed by atoms with Crippen molar-refractivity contribution >= 4 is 10.1 Å². The first-order valence-corrected chi connectivity index (χ1v) is 11.6. The van der Waals surface area contributed by atoms with Crippen LogP contribution in [0.3, 0.4) is 0 Å². The molecule has 27 heavy (non-hydrogen) atoms. The molecule has 142 valence electrons. The Hall–Kier alpha value is -1.97. The van der Waals surface area contributed by atoms with E-state index in [0.29, 0.717) is 5.76 Å². The second-order valence-corrected chi connectivity index (χ2v) is 9.99. The van der Waals surface area contributed by atoms with Gasteiger partial charge in [0.25, 0.3) is 3.57 Å². The molecule has 0 radical (unpaired) electrons. The van der Waals surface area contributed by atoms with Crippen LogP contribution < -0.4 is 26.6 Å². The lowest BCUT2D eigenvalue weighted by molar-refractivity contribution is -0.600. The fourth-order valence-electron chi connectivity index (χ4n) is 2.14. The lowest BCUT2D eigenvalue weighted by atomic mass is 10.2. The maximum absolute atomic E-state index is 11.8. The second-order valence-electron chi connectivity index (χ2n) is 5.75. The first-order valence-electron chi connectivity index (χ1n) is 8.00. The van der Waals surface area contributed by atoms with Gasteiger partial charge >= 0.3 is 21.2 Å². The Morgan fingerprint density at radius 2 is 1.52 bits per heavy atom. The van der Waals surface area contributed by atoms with Crippen LogP contribution in [-0.2, 0) is 10.1 Å². The molecule has 0 bridgehead atoms. The normalized spacial score (nSPS) is 10.8. The molecule has 0 atom stereocenters. The van der Waals surface area contributed by atoms with Crippen LogP contribution >= 0.6 is 0 Å². The lowest BCUT2D eigenvalue weighted by Gasteiger charge is -2.05. The van der Waals surface area contributed by atoms with Crippen molar-refractivity contribution in [3.63, 3.8) is 0 Å². The Labute approximate surface area is 169 Å². The third kappa shape index (κ3) is 6.60. The number of aryl methyl sites for hydroxylation is 3. The van der Waals surface area contributed by atoms with Gasteiger partial charge in [-0.1, -0.05) is 35.9 Å². The van der Waals surface area contributed by atoms with E-state index < -0.39 is 31.3 Å². The molecule has 5 nitrogen and oxygen atoms in total. The van der Waals surface area contributed by atoms with Crippen LogP contribution in [0, 0.1) is 27.9 Å². The minimum Gasteiger partial charge on any atom is -0.744 e. The van der Waals surface area contributed by atoms with Gasteiger partial charge in [0.05, 0.1) is 4.90 Å². The van der Waals surface area contributed by atoms with Gasteiger partial charge in [-0.05, 0) is 45.0 Å². The van der Waals surface area contributed by atoms with Crippen LogP contribution in [0.15, 0.2) is 74.8 Å². The lowest BCUT2D eigenvalue weighted by Crippen LogP contribution is -3.62. The Kier molecular flexibility index (Phi) is 7.34. The van der Waals surface area contributed by atoms with Crippen LogP contribution in [0.2, 0.25) is 0 Å². The molecule has 0 unspecified atom stereocenters. The quantitative estimate of drug-likeness (QED) is 0.383. The topological polar surface area (TPSA) is 87.4 Å². The van der Waals surface area contributed by atoms with E-state index in [4.69, 9.17) is 4.42 Å². The van der Waals surface area contributed by atoms with E-state index in [1.165, 1.54) is 15.7 Å². The molecule has 0 aliphatic rings. The highest BCUT2D eigenvalue weighted by molar-refractivity contribution is 7.85. The molecule has 7 heteroatoms. The average Bonchev–Trinajstić information content (AvgIpc) is 2.59. The summed E-state index contributed by atoms with van der Waals surface area (Å²) in [6.45, 7) is 5.49. The van der Waals surface area contributed by atoms with E-state index in [-0.39, 0.29) is 10.3 Å². The maximum atomic E-state index is 11.8. The maximum Gasteiger partial charge on any atom is 0.366 e. The zero-order valence-corrected chi connectivity index (χ0v) is 18.1. The Morgan fingerprint density at radius 1 is 0.926 bits per heavy atom. The zero-order valence-electron chi connectivity index (χ0n) is 15.1. The molecule has 0 amide bonds. The first kappa shape index (κ1) is 21.3. The highest BCUT2D eigenvalue weighted by atomic mass is 127.